The van der Waals surface area contributed by atoms with E-state index in [0.29, 0.717) is 17.1 Å². The van der Waals surface area contributed by atoms with E-state index in [1.807, 2.05) is 14.0 Å². The number of aromatic nitrogens is 6. The van der Waals surface area contributed by atoms with Gasteiger partial charge in [0.1, 0.15) is 5.69 Å². The molecule has 4 aromatic rings. The second-order valence-corrected chi connectivity index (χ2v) is 8.58. The van der Waals surface area contributed by atoms with Crippen molar-refractivity contribution in [2.45, 2.75) is 26.9 Å². The number of aryl methyl sites for hydroxylation is 2. The lowest BCUT2D eigenvalue weighted by atomic mass is 10.1. The predicted molar refractivity (Wildman–Crippen MR) is 123 cm³/mol. The van der Waals surface area contributed by atoms with Gasteiger partial charge in [-0.15, -0.1) is 5.10 Å². The predicted octanol–water partition coefficient (Wildman–Crippen LogP) is 5.02. The quantitative estimate of drug-likeness (QED) is 0.397. The van der Waals surface area contributed by atoms with Crippen LogP contribution in [-0.4, -0.2) is 35.7 Å². The van der Waals surface area contributed by atoms with Gasteiger partial charge in [-0.1, -0.05) is 21.1 Å². The first-order chi connectivity index (χ1) is 16.0. The molecule has 1 amide bonds. The number of hydrogen-bond donors (Lipinski definition) is 1. The van der Waals surface area contributed by atoms with Gasteiger partial charge in [0, 0.05) is 34.7 Å². The minimum atomic E-state index is -4.55. The van der Waals surface area contributed by atoms with E-state index < -0.39 is 17.6 Å². The molecule has 0 unspecified atom stereocenters. The maximum absolute atomic E-state index is 13.3. The first-order valence-electron chi connectivity index (χ1n) is 10.0. The summed E-state index contributed by atoms with van der Waals surface area (Å²) < 4.78 is 43.5. The first kappa shape index (κ1) is 23.6. The van der Waals surface area contributed by atoms with Crippen molar-refractivity contribution in [2.75, 3.05) is 5.32 Å². The van der Waals surface area contributed by atoms with Crippen LogP contribution in [0.3, 0.4) is 0 Å². The number of carbonyl (C=O) groups excluding carboxylic acids is 1. The highest BCUT2D eigenvalue weighted by Crippen LogP contribution is 2.37. The Kier molecular flexibility index (Phi) is 6.02. The van der Waals surface area contributed by atoms with Gasteiger partial charge in [-0.3, -0.25) is 14.5 Å². The summed E-state index contributed by atoms with van der Waals surface area (Å²) in [5.41, 5.74) is 2.80. The summed E-state index contributed by atoms with van der Waals surface area (Å²) >= 11 is 3.13. The molecular weight excluding hydrogens is 515 g/mol. The average molecular weight is 534 g/mol. The van der Waals surface area contributed by atoms with E-state index in [2.05, 4.69) is 41.6 Å². The standard InChI is InChI=1S/C22H19BrF3N7O/c1-11-17(22(24,25)26)6-15(7-18(11)23)29-21(34)14-5-20(12(2)27-8-14)33-10-19(30-31-33)16-9-28-32(4)13(16)3/h5-10H,1-4H3,(H,29,34). The van der Waals surface area contributed by atoms with Gasteiger partial charge in [-0.25, -0.2) is 4.68 Å². The smallest absolute Gasteiger partial charge is 0.322 e. The normalized spacial score (nSPS) is 11.6. The van der Waals surface area contributed by atoms with Crippen molar-refractivity contribution in [3.8, 4) is 16.9 Å². The van der Waals surface area contributed by atoms with Gasteiger partial charge in [0.25, 0.3) is 5.91 Å². The molecule has 1 N–H and O–H groups in total. The van der Waals surface area contributed by atoms with E-state index in [1.54, 1.807) is 30.1 Å². The van der Waals surface area contributed by atoms with Crippen LogP contribution in [0.25, 0.3) is 16.9 Å². The van der Waals surface area contributed by atoms with Crippen molar-refractivity contribution < 1.29 is 18.0 Å². The molecular formula is C22H19BrF3N7O. The SMILES string of the molecule is Cc1ncc(C(=O)Nc2cc(Br)c(C)c(C(F)(F)F)c2)cc1-n1cc(-c2cnn(C)c2C)nn1. The van der Waals surface area contributed by atoms with Gasteiger partial charge in [-0.05, 0) is 44.5 Å². The largest absolute Gasteiger partial charge is 0.416 e. The molecule has 0 saturated heterocycles. The second kappa shape index (κ2) is 8.67. The van der Waals surface area contributed by atoms with E-state index in [-0.39, 0.29) is 21.3 Å². The van der Waals surface area contributed by atoms with Crippen LogP contribution in [-0.2, 0) is 13.2 Å². The molecule has 3 heterocycles. The summed E-state index contributed by atoms with van der Waals surface area (Å²) in [5, 5.41) is 15.1. The number of pyridine rings is 1. The second-order valence-electron chi connectivity index (χ2n) is 7.73. The zero-order chi connectivity index (χ0) is 24.8. The van der Waals surface area contributed by atoms with Gasteiger partial charge in [0.15, 0.2) is 0 Å². The zero-order valence-electron chi connectivity index (χ0n) is 18.6. The topological polar surface area (TPSA) is 90.5 Å². The number of carbonyl (C=O) groups is 1. The molecule has 0 radical (unpaired) electrons. The fraction of sp³-hybridized carbons (Fsp3) is 0.227. The van der Waals surface area contributed by atoms with Crippen molar-refractivity contribution in [3.63, 3.8) is 0 Å². The Morgan fingerprint density at radius 2 is 1.85 bits per heavy atom. The fourth-order valence-electron chi connectivity index (χ4n) is 3.38. The fourth-order valence-corrected chi connectivity index (χ4v) is 3.84. The number of benzene rings is 1. The number of rotatable bonds is 4. The van der Waals surface area contributed by atoms with Gasteiger partial charge < -0.3 is 5.32 Å². The van der Waals surface area contributed by atoms with Crippen molar-refractivity contribution in [2.24, 2.45) is 7.05 Å². The molecule has 34 heavy (non-hydrogen) atoms. The maximum Gasteiger partial charge on any atom is 0.416 e. The molecule has 0 bridgehead atoms. The maximum atomic E-state index is 13.3. The number of nitrogens with one attached hydrogen (secondary N) is 1. The van der Waals surface area contributed by atoms with E-state index in [1.165, 1.54) is 23.9 Å². The average Bonchev–Trinajstić information content (AvgIpc) is 3.37. The zero-order valence-corrected chi connectivity index (χ0v) is 20.2. The molecule has 3 aromatic heterocycles. The molecule has 0 atom stereocenters. The van der Waals surface area contributed by atoms with E-state index in [0.717, 1.165) is 17.3 Å². The minimum Gasteiger partial charge on any atom is -0.322 e. The summed E-state index contributed by atoms with van der Waals surface area (Å²) in [5.74, 6) is -0.610. The number of anilines is 1. The highest BCUT2D eigenvalue weighted by Gasteiger charge is 2.33. The summed E-state index contributed by atoms with van der Waals surface area (Å²) in [4.78, 5) is 17.1. The van der Waals surface area contributed by atoms with Gasteiger partial charge in [0.2, 0.25) is 0 Å². The Bertz CT molecular complexity index is 1410. The molecule has 4 rings (SSSR count). The molecule has 0 aliphatic heterocycles. The summed E-state index contributed by atoms with van der Waals surface area (Å²) in [6, 6.07) is 3.88. The van der Waals surface area contributed by atoms with Crippen molar-refractivity contribution >= 4 is 27.5 Å². The number of hydrogen-bond acceptors (Lipinski definition) is 5. The lowest BCUT2D eigenvalue weighted by Crippen LogP contribution is -2.15. The summed E-state index contributed by atoms with van der Waals surface area (Å²) in [6.07, 6.45) is 0.185. The van der Waals surface area contributed by atoms with Crippen molar-refractivity contribution in [3.05, 3.63) is 69.3 Å². The molecule has 0 spiro atoms. The molecule has 176 valence electrons. The Morgan fingerprint density at radius 1 is 1.12 bits per heavy atom. The summed E-state index contributed by atoms with van der Waals surface area (Å²) in [6.45, 7) is 5.02. The lowest BCUT2D eigenvalue weighted by molar-refractivity contribution is -0.138. The molecule has 0 saturated carbocycles. The Hall–Kier alpha value is -3.54. The van der Waals surface area contributed by atoms with Crippen molar-refractivity contribution in [1.82, 2.24) is 29.8 Å². The molecule has 0 fully saturated rings. The van der Waals surface area contributed by atoms with Crippen LogP contribution < -0.4 is 5.32 Å². The van der Waals surface area contributed by atoms with E-state index in [4.69, 9.17) is 0 Å². The Balaban J connectivity index is 1.64. The number of alkyl halides is 3. The molecule has 1 aromatic carbocycles. The molecule has 0 aliphatic rings. The third-order valence-corrected chi connectivity index (χ3v) is 6.31. The highest BCUT2D eigenvalue weighted by atomic mass is 79.9. The Labute approximate surface area is 200 Å². The summed E-state index contributed by atoms with van der Waals surface area (Å²) in [7, 11) is 1.82. The molecule has 0 aliphatic carbocycles. The van der Waals surface area contributed by atoms with E-state index in [9.17, 15) is 18.0 Å². The highest BCUT2D eigenvalue weighted by molar-refractivity contribution is 9.10. The van der Waals surface area contributed by atoms with Crippen LogP contribution in [0.5, 0.6) is 0 Å². The van der Waals surface area contributed by atoms with Gasteiger partial charge in [-0.2, -0.15) is 18.3 Å². The van der Waals surface area contributed by atoms with Crippen LogP contribution in [0.15, 0.2) is 41.3 Å². The van der Waals surface area contributed by atoms with Crippen LogP contribution in [0, 0.1) is 20.8 Å². The third kappa shape index (κ3) is 4.45. The van der Waals surface area contributed by atoms with Crippen LogP contribution in [0.4, 0.5) is 18.9 Å². The monoisotopic (exact) mass is 533 g/mol. The van der Waals surface area contributed by atoms with E-state index >= 15 is 0 Å². The first-order valence-corrected chi connectivity index (χ1v) is 10.8. The Morgan fingerprint density at radius 3 is 2.50 bits per heavy atom. The molecule has 12 heteroatoms. The lowest BCUT2D eigenvalue weighted by Gasteiger charge is -2.15. The number of nitrogens with zero attached hydrogens (tertiary/aromatic N) is 6. The third-order valence-electron chi connectivity index (χ3n) is 5.48. The number of amides is 1. The van der Waals surface area contributed by atoms with Crippen LogP contribution in [0.2, 0.25) is 0 Å². The van der Waals surface area contributed by atoms with Gasteiger partial charge >= 0.3 is 6.18 Å². The van der Waals surface area contributed by atoms with Crippen LogP contribution in [0.1, 0.15) is 32.9 Å². The van der Waals surface area contributed by atoms with Crippen molar-refractivity contribution in [1.29, 1.82) is 0 Å². The van der Waals surface area contributed by atoms with Gasteiger partial charge in [0.05, 0.1) is 34.9 Å². The number of halogens is 4. The minimum absolute atomic E-state index is 0.00650. The van der Waals surface area contributed by atoms with Crippen LogP contribution >= 0.6 is 15.9 Å². The molecule has 8 nitrogen and oxygen atoms in total.